The molecule has 1 atom stereocenters. The number of carbonyl (C=O) groups excluding carboxylic acids is 1. The number of piperidine rings is 1. The largest absolute Gasteiger partial charge is 0.485 e. The minimum absolute atomic E-state index is 0.135. The number of esters is 1. The molecular formula is C34H37N3O5S. The highest BCUT2D eigenvalue weighted by Gasteiger charge is 2.47. The van der Waals surface area contributed by atoms with E-state index in [4.69, 9.17) is 15.2 Å². The highest BCUT2D eigenvalue weighted by Crippen LogP contribution is 2.53. The Kier molecular flexibility index (Phi) is 7.64. The number of hydrogen-bond donors (Lipinski definition) is 1. The molecule has 6 rings (SSSR count). The number of pyridine rings is 1. The number of hydrogen-bond acceptors (Lipinski definition) is 7. The van der Waals surface area contributed by atoms with Crippen LogP contribution in [0.2, 0.25) is 0 Å². The number of sulfonamides is 1. The van der Waals surface area contributed by atoms with Gasteiger partial charge in [0.15, 0.2) is 0 Å². The van der Waals surface area contributed by atoms with Crippen LogP contribution in [-0.2, 0) is 31.4 Å². The molecule has 2 aliphatic rings. The maximum absolute atomic E-state index is 12.5. The van der Waals surface area contributed by atoms with Gasteiger partial charge in [-0.3, -0.25) is 4.79 Å². The van der Waals surface area contributed by atoms with E-state index in [0.29, 0.717) is 44.1 Å². The van der Waals surface area contributed by atoms with E-state index in [1.54, 1.807) is 17.4 Å². The molecule has 2 N–H and O–H groups in total. The predicted molar refractivity (Wildman–Crippen MR) is 168 cm³/mol. The van der Waals surface area contributed by atoms with Gasteiger partial charge in [0.05, 0.1) is 19.3 Å². The zero-order valence-electron chi connectivity index (χ0n) is 24.8. The first kappa shape index (κ1) is 29.1. The van der Waals surface area contributed by atoms with Gasteiger partial charge in [0.2, 0.25) is 10.0 Å². The smallest absolute Gasteiger partial charge is 0.310 e. The molecule has 0 radical (unpaired) electrons. The van der Waals surface area contributed by atoms with Crippen molar-refractivity contribution in [3.05, 3.63) is 89.1 Å². The first-order chi connectivity index (χ1) is 20.6. The number of rotatable bonds is 7. The van der Waals surface area contributed by atoms with Crippen LogP contribution >= 0.6 is 0 Å². The number of anilines is 1. The second-order valence-corrected chi connectivity index (χ2v) is 13.7. The van der Waals surface area contributed by atoms with E-state index in [1.165, 1.54) is 11.8 Å². The van der Waals surface area contributed by atoms with E-state index in [0.717, 1.165) is 45.0 Å². The molecule has 1 aliphatic heterocycles. The maximum atomic E-state index is 12.5. The molecule has 8 nitrogen and oxygen atoms in total. The third-order valence-electron chi connectivity index (χ3n) is 9.09. The lowest BCUT2D eigenvalue weighted by molar-refractivity contribution is -0.142. The summed E-state index contributed by atoms with van der Waals surface area (Å²) < 4.78 is 38.3. The molecule has 1 aliphatic carbocycles. The van der Waals surface area contributed by atoms with Gasteiger partial charge < -0.3 is 15.2 Å². The molecule has 224 valence electrons. The number of ether oxygens (including phenoxy) is 2. The third-order valence-corrected chi connectivity index (χ3v) is 10.4. The molecule has 9 heteroatoms. The summed E-state index contributed by atoms with van der Waals surface area (Å²) >= 11 is 0. The van der Waals surface area contributed by atoms with Crippen molar-refractivity contribution in [2.45, 2.75) is 51.0 Å². The van der Waals surface area contributed by atoms with Crippen LogP contribution in [0.15, 0.2) is 66.9 Å². The molecule has 3 aromatic carbocycles. The van der Waals surface area contributed by atoms with Gasteiger partial charge in [0.1, 0.15) is 17.7 Å². The van der Waals surface area contributed by atoms with Gasteiger partial charge in [-0.15, -0.1) is 0 Å². The predicted octanol–water partition coefficient (Wildman–Crippen LogP) is 5.72. The number of aromatic nitrogens is 1. The van der Waals surface area contributed by atoms with Crippen molar-refractivity contribution in [2.75, 3.05) is 31.7 Å². The van der Waals surface area contributed by atoms with E-state index >= 15 is 0 Å². The summed E-state index contributed by atoms with van der Waals surface area (Å²) in [5, 5.41) is 1.94. The molecule has 0 bridgehead atoms. The van der Waals surface area contributed by atoms with Crippen LogP contribution < -0.4 is 10.5 Å². The van der Waals surface area contributed by atoms with Gasteiger partial charge >= 0.3 is 5.97 Å². The van der Waals surface area contributed by atoms with Gasteiger partial charge in [-0.2, -0.15) is 0 Å². The van der Waals surface area contributed by atoms with E-state index in [9.17, 15) is 13.2 Å². The normalized spacial score (nSPS) is 18.1. The summed E-state index contributed by atoms with van der Waals surface area (Å²) in [6.45, 7) is 5.05. The van der Waals surface area contributed by atoms with Crippen molar-refractivity contribution >= 4 is 32.6 Å². The average molecular weight is 600 g/mol. The fraction of sp³-hybridized carbons (Fsp3) is 0.353. The van der Waals surface area contributed by atoms with Crippen LogP contribution in [0.3, 0.4) is 0 Å². The first-order valence-electron chi connectivity index (χ1n) is 14.7. The summed E-state index contributed by atoms with van der Waals surface area (Å²) in [6, 6.07) is 20.5. The molecule has 0 saturated carbocycles. The van der Waals surface area contributed by atoms with E-state index in [-0.39, 0.29) is 23.9 Å². The standard InChI is InChI=1S/C34H37N3O5S/c1-4-41-32(38)20-26-22(2)6-5-7-30(26)42-31-21-34(13-16-37(17-14-34)43(3,39)40)29-11-10-25(19-28(29)31)24-9-8-23-12-15-36-33(35)27(23)18-24/h5-12,15,18-19,31H,4,13-14,16-17,20-21H2,1-3H3,(H2,35,36). The van der Waals surface area contributed by atoms with Gasteiger partial charge in [-0.1, -0.05) is 36.4 Å². The topological polar surface area (TPSA) is 112 Å². The van der Waals surface area contributed by atoms with Crippen molar-refractivity contribution in [3.8, 4) is 16.9 Å². The van der Waals surface area contributed by atoms with Crippen molar-refractivity contribution in [3.63, 3.8) is 0 Å². The lowest BCUT2D eigenvalue weighted by Gasteiger charge is -2.39. The molecule has 43 heavy (non-hydrogen) atoms. The van der Waals surface area contributed by atoms with Gasteiger partial charge in [-0.25, -0.2) is 17.7 Å². The summed E-state index contributed by atoms with van der Waals surface area (Å²) in [4.78, 5) is 16.7. The SMILES string of the molecule is CCOC(=O)Cc1c(C)cccc1OC1CC2(CCN(S(C)(=O)=O)CC2)c2ccc(-c3ccc4ccnc(N)c4c3)cc21. The van der Waals surface area contributed by atoms with E-state index in [1.807, 2.05) is 31.2 Å². The van der Waals surface area contributed by atoms with Gasteiger partial charge in [-0.05, 0) is 90.6 Å². The summed E-state index contributed by atoms with van der Waals surface area (Å²) in [5.41, 5.74) is 12.2. The molecule has 4 aromatic rings. The molecule has 1 unspecified atom stereocenters. The van der Waals surface area contributed by atoms with Crippen LogP contribution in [0.4, 0.5) is 5.82 Å². The lowest BCUT2D eigenvalue weighted by Crippen LogP contribution is -2.44. The molecule has 2 heterocycles. The second kappa shape index (κ2) is 11.3. The first-order valence-corrected chi connectivity index (χ1v) is 16.6. The van der Waals surface area contributed by atoms with Gasteiger partial charge in [0.25, 0.3) is 0 Å². The van der Waals surface area contributed by atoms with Crippen LogP contribution in [-0.4, -0.2) is 49.6 Å². The number of nitrogens with zero attached hydrogens (tertiary/aromatic N) is 2. The van der Waals surface area contributed by atoms with Crippen LogP contribution in [0.25, 0.3) is 21.9 Å². The number of fused-ring (bicyclic) bond motifs is 3. The van der Waals surface area contributed by atoms with E-state index in [2.05, 4.69) is 41.4 Å². The third kappa shape index (κ3) is 5.59. The van der Waals surface area contributed by atoms with Crippen LogP contribution in [0.5, 0.6) is 5.75 Å². The van der Waals surface area contributed by atoms with Crippen molar-refractivity contribution < 1.29 is 22.7 Å². The Hall–Kier alpha value is -3.95. The van der Waals surface area contributed by atoms with Crippen LogP contribution in [0.1, 0.15) is 54.5 Å². The van der Waals surface area contributed by atoms with Crippen molar-refractivity contribution in [2.24, 2.45) is 0 Å². The number of aryl methyl sites for hydroxylation is 1. The Morgan fingerprint density at radius 1 is 1.07 bits per heavy atom. The molecule has 1 saturated heterocycles. The second-order valence-electron chi connectivity index (χ2n) is 11.7. The highest BCUT2D eigenvalue weighted by atomic mass is 32.2. The Morgan fingerprint density at radius 3 is 2.56 bits per heavy atom. The monoisotopic (exact) mass is 599 g/mol. The van der Waals surface area contributed by atoms with E-state index < -0.39 is 10.0 Å². The van der Waals surface area contributed by atoms with Gasteiger partial charge in [0, 0.05) is 35.7 Å². The zero-order chi connectivity index (χ0) is 30.4. The fourth-order valence-electron chi connectivity index (χ4n) is 6.78. The highest BCUT2D eigenvalue weighted by molar-refractivity contribution is 7.88. The van der Waals surface area contributed by atoms with Crippen LogP contribution in [0, 0.1) is 6.92 Å². The number of nitrogens with two attached hydrogens (primary N) is 1. The quantitative estimate of drug-likeness (QED) is 0.271. The van der Waals surface area contributed by atoms with Crippen molar-refractivity contribution in [1.29, 1.82) is 0 Å². The Bertz CT molecular complexity index is 1810. The molecule has 1 aromatic heterocycles. The molecule has 1 spiro atoms. The average Bonchev–Trinajstić information content (AvgIpc) is 3.26. The Balaban J connectivity index is 1.40. The number of nitrogen functional groups attached to an aromatic ring is 1. The zero-order valence-corrected chi connectivity index (χ0v) is 25.6. The van der Waals surface area contributed by atoms with Crippen molar-refractivity contribution in [1.82, 2.24) is 9.29 Å². The minimum Gasteiger partial charge on any atom is -0.485 e. The molecule has 1 fully saturated rings. The Labute approximate surface area is 252 Å². The molecular weight excluding hydrogens is 562 g/mol. The summed E-state index contributed by atoms with van der Waals surface area (Å²) in [7, 11) is -3.26. The summed E-state index contributed by atoms with van der Waals surface area (Å²) in [5.74, 6) is 0.877. The molecule has 0 amide bonds. The fourth-order valence-corrected chi connectivity index (χ4v) is 7.63. The maximum Gasteiger partial charge on any atom is 0.310 e. The lowest BCUT2D eigenvalue weighted by atomic mass is 9.74. The number of carbonyl (C=O) groups is 1. The minimum atomic E-state index is -3.26. The number of benzene rings is 3. The Morgan fingerprint density at radius 2 is 1.81 bits per heavy atom. The summed E-state index contributed by atoms with van der Waals surface area (Å²) in [6.07, 6.45) is 5.02.